The van der Waals surface area contributed by atoms with Gasteiger partial charge in [0.15, 0.2) is 0 Å². The second kappa shape index (κ2) is 3.37. The average molecular weight is 169 g/mol. The van der Waals surface area contributed by atoms with Crippen molar-refractivity contribution in [2.45, 2.75) is 0 Å². The molecular weight excluding hydrogens is 163 g/mol. The van der Waals surface area contributed by atoms with Crippen LogP contribution in [0.5, 0.6) is 0 Å². The topological polar surface area (TPSA) is 54.4 Å². The fraction of sp³-hybridized carbons (Fsp3) is 0. The van der Waals surface area contributed by atoms with E-state index < -0.39 is 13.6 Å². The van der Waals surface area contributed by atoms with E-state index in [0.717, 1.165) is 0 Å². The Kier molecular flexibility index (Phi) is 2.47. The predicted octanol–water partition coefficient (Wildman–Crippen LogP) is 1.56. The maximum absolute atomic E-state index is 10.8. The summed E-state index contributed by atoms with van der Waals surface area (Å²) in [4.78, 5) is 19.2. The van der Waals surface area contributed by atoms with Crippen molar-refractivity contribution in [1.29, 1.82) is 0 Å². The van der Waals surface area contributed by atoms with E-state index in [0.29, 0.717) is 0 Å². The second-order valence-electron chi connectivity index (χ2n) is 1.94. The molecule has 0 radical (unpaired) electrons. The fourth-order valence-corrected chi connectivity index (χ4v) is 1.06. The molecule has 1 aromatic carbocycles. The number of benzene rings is 1. The highest BCUT2D eigenvalue weighted by Gasteiger charge is 2.27. The first kappa shape index (κ1) is 8.05. The Bertz CT molecular complexity index is 281. The third kappa shape index (κ3) is 1.93. The van der Waals surface area contributed by atoms with Crippen LogP contribution in [0.15, 0.2) is 30.3 Å². The van der Waals surface area contributed by atoms with Gasteiger partial charge in [0.1, 0.15) is 0 Å². The first-order valence-electron chi connectivity index (χ1n) is 2.97. The van der Waals surface area contributed by atoms with E-state index in [-0.39, 0.29) is 5.56 Å². The molecule has 0 amide bonds. The van der Waals surface area contributed by atoms with Gasteiger partial charge in [-0.25, -0.2) is 4.79 Å². The molecule has 56 valence electrons. The zero-order valence-electron chi connectivity index (χ0n) is 5.60. The lowest BCUT2D eigenvalue weighted by Gasteiger charge is -1.84. The molecule has 1 aromatic rings. The van der Waals surface area contributed by atoms with Crippen molar-refractivity contribution in [2.75, 3.05) is 0 Å². The van der Waals surface area contributed by atoms with Gasteiger partial charge in [0.2, 0.25) is 0 Å². The SMILES string of the molecule is O=C(c1ccccc1)[P+](=O)O. The Balaban J connectivity index is 2.95. The molecule has 1 unspecified atom stereocenters. The second-order valence-corrected chi connectivity index (χ2v) is 2.90. The van der Waals surface area contributed by atoms with Crippen LogP contribution in [0.1, 0.15) is 10.4 Å². The monoisotopic (exact) mass is 169 g/mol. The third-order valence-electron chi connectivity index (χ3n) is 1.19. The van der Waals surface area contributed by atoms with E-state index in [1.54, 1.807) is 18.2 Å². The van der Waals surface area contributed by atoms with Gasteiger partial charge in [0.25, 0.3) is 0 Å². The molecule has 0 spiro atoms. The molecule has 0 bridgehead atoms. The number of hydrogen-bond acceptors (Lipinski definition) is 2. The van der Waals surface area contributed by atoms with E-state index in [9.17, 15) is 9.36 Å². The number of carbonyl (C=O) groups is 1. The maximum Gasteiger partial charge on any atom is 0.590 e. The quantitative estimate of drug-likeness (QED) is 0.683. The van der Waals surface area contributed by atoms with Gasteiger partial charge < -0.3 is 0 Å². The van der Waals surface area contributed by atoms with Crippen LogP contribution < -0.4 is 0 Å². The Morgan fingerprint density at radius 3 is 2.27 bits per heavy atom. The standard InChI is InChI=1S/C7H5O3P/c8-7(11(9)10)6-4-2-1-3-5-6/h1-5H/p+1. The summed E-state index contributed by atoms with van der Waals surface area (Å²) in [6, 6.07) is 8.04. The van der Waals surface area contributed by atoms with Crippen LogP contribution in [-0.2, 0) is 4.57 Å². The van der Waals surface area contributed by atoms with Crippen LogP contribution in [0.3, 0.4) is 0 Å². The summed E-state index contributed by atoms with van der Waals surface area (Å²) < 4.78 is 10.3. The minimum Gasteiger partial charge on any atom is -0.231 e. The summed E-state index contributed by atoms with van der Waals surface area (Å²) in [6.45, 7) is 0. The van der Waals surface area contributed by atoms with Crippen LogP contribution in [0.4, 0.5) is 0 Å². The maximum atomic E-state index is 10.8. The van der Waals surface area contributed by atoms with Gasteiger partial charge in [-0.05, 0) is 16.7 Å². The molecule has 0 saturated carbocycles. The zero-order valence-corrected chi connectivity index (χ0v) is 6.49. The first-order valence-corrected chi connectivity index (χ1v) is 4.18. The van der Waals surface area contributed by atoms with Gasteiger partial charge in [-0.2, -0.15) is 4.89 Å². The van der Waals surface area contributed by atoms with Crippen LogP contribution in [0, 0.1) is 0 Å². The van der Waals surface area contributed by atoms with Crippen LogP contribution in [0.25, 0.3) is 0 Å². The van der Waals surface area contributed by atoms with Crippen LogP contribution in [-0.4, -0.2) is 10.4 Å². The number of carbonyl (C=O) groups excluding carboxylic acids is 1. The molecule has 0 heterocycles. The molecule has 3 nitrogen and oxygen atoms in total. The lowest BCUT2D eigenvalue weighted by Crippen LogP contribution is -1.90. The van der Waals surface area contributed by atoms with Gasteiger partial charge in [0.05, 0.1) is 5.56 Å². The summed E-state index contributed by atoms with van der Waals surface area (Å²) in [6.07, 6.45) is 0. The molecule has 0 aliphatic rings. The third-order valence-corrected chi connectivity index (χ3v) is 1.80. The van der Waals surface area contributed by atoms with Crippen molar-refractivity contribution in [2.24, 2.45) is 0 Å². The molecule has 1 rings (SSSR count). The summed E-state index contributed by atoms with van der Waals surface area (Å²) in [5.74, 6) is 0. The lowest BCUT2D eigenvalue weighted by molar-refractivity contribution is 0.106. The normalized spacial score (nSPS) is 10.8. The van der Waals surface area contributed by atoms with Crippen LogP contribution >= 0.6 is 8.03 Å². The summed E-state index contributed by atoms with van der Waals surface area (Å²) in [5, 5.41) is 0. The molecule has 0 aliphatic heterocycles. The highest BCUT2D eigenvalue weighted by molar-refractivity contribution is 7.59. The van der Waals surface area contributed by atoms with E-state index in [4.69, 9.17) is 4.89 Å². The largest absolute Gasteiger partial charge is 0.590 e. The van der Waals surface area contributed by atoms with E-state index >= 15 is 0 Å². The minimum absolute atomic E-state index is 0.274. The first-order chi connectivity index (χ1) is 5.22. The van der Waals surface area contributed by atoms with Crippen molar-refractivity contribution in [3.8, 4) is 0 Å². The molecular formula is C7H6O3P+. The summed E-state index contributed by atoms with van der Waals surface area (Å²) in [5.41, 5.74) is -0.447. The number of hydrogen-bond donors (Lipinski definition) is 1. The molecule has 0 fully saturated rings. The lowest BCUT2D eigenvalue weighted by atomic mass is 10.2. The zero-order chi connectivity index (χ0) is 8.27. The number of rotatable bonds is 2. The van der Waals surface area contributed by atoms with Crippen molar-refractivity contribution in [3.63, 3.8) is 0 Å². The van der Waals surface area contributed by atoms with Crippen molar-refractivity contribution < 1.29 is 14.3 Å². The van der Waals surface area contributed by atoms with Crippen molar-refractivity contribution in [1.82, 2.24) is 0 Å². The highest BCUT2D eigenvalue weighted by Crippen LogP contribution is 2.20. The van der Waals surface area contributed by atoms with Crippen molar-refractivity contribution in [3.05, 3.63) is 35.9 Å². The Labute approximate surface area is 64.5 Å². The Morgan fingerprint density at radius 2 is 1.82 bits per heavy atom. The molecule has 1 atom stereocenters. The fourth-order valence-electron chi connectivity index (χ4n) is 0.691. The summed E-state index contributed by atoms with van der Waals surface area (Å²) in [7, 11) is -2.73. The van der Waals surface area contributed by atoms with Gasteiger partial charge in [-0.15, -0.1) is 0 Å². The molecule has 4 heteroatoms. The van der Waals surface area contributed by atoms with Gasteiger partial charge in [-0.1, -0.05) is 18.2 Å². The average Bonchev–Trinajstić information content (AvgIpc) is 2.05. The van der Waals surface area contributed by atoms with Gasteiger partial charge in [0, 0.05) is 0 Å². The van der Waals surface area contributed by atoms with E-state index in [1.807, 2.05) is 0 Å². The van der Waals surface area contributed by atoms with Crippen molar-refractivity contribution >= 4 is 13.6 Å². The van der Waals surface area contributed by atoms with Crippen LogP contribution in [0.2, 0.25) is 0 Å². The van der Waals surface area contributed by atoms with Gasteiger partial charge >= 0.3 is 13.6 Å². The summed E-state index contributed by atoms with van der Waals surface area (Å²) >= 11 is 0. The molecule has 0 aromatic heterocycles. The van der Waals surface area contributed by atoms with E-state index in [1.165, 1.54) is 12.1 Å². The molecule has 11 heavy (non-hydrogen) atoms. The molecule has 1 N–H and O–H groups in total. The molecule has 0 saturated heterocycles. The smallest absolute Gasteiger partial charge is 0.231 e. The Hall–Kier alpha value is -1.05. The van der Waals surface area contributed by atoms with Gasteiger partial charge in [-0.3, -0.25) is 0 Å². The predicted molar refractivity (Wildman–Crippen MR) is 40.6 cm³/mol. The van der Waals surface area contributed by atoms with E-state index in [2.05, 4.69) is 0 Å². The molecule has 0 aliphatic carbocycles. The minimum atomic E-state index is -2.73. The Morgan fingerprint density at radius 1 is 1.27 bits per heavy atom. The highest BCUT2D eigenvalue weighted by atomic mass is 31.1.